The Morgan fingerprint density at radius 3 is 2.81 bits per heavy atom. The molecule has 0 aliphatic carbocycles. The fourth-order valence-electron chi connectivity index (χ4n) is 2.95. The van der Waals surface area contributed by atoms with E-state index in [0.29, 0.717) is 17.9 Å². The number of methoxy groups -OCH3 is 1. The number of aromatic nitrogens is 4. The van der Waals surface area contributed by atoms with Crippen molar-refractivity contribution in [3.8, 4) is 5.82 Å². The molecule has 0 radical (unpaired) electrons. The Kier molecular flexibility index (Phi) is 5.80. The minimum Gasteiger partial charge on any atom is -0.469 e. The average Bonchev–Trinajstić information content (AvgIpc) is 3.23. The van der Waals surface area contributed by atoms with Gasteiger partial charge in [0.25, 0.3) is 5.91 Å². The summed E-state index contributed by atoms with van der Waals surface area (Å²) in [6.45, 7) is 3.68. The van der Waals surface area contributed by atoms with Crippen LogP contribution in [-0.2, 0) is 9.53 Å². The van der Waals surface area contributed by atoms with E-state index in [4.69, 9.17) is 4.74 Å². The molecule has 1 unspecified atom stereocenters. The monoisotopic (exact) mass is 370 g/mol. The molecule has 142 valence electrons. The summed E-state index contributed by atoms with van der Waals surface area (Å²) < 4.78 is 6.56. The number of ether oxygens (including phenoxy) is 1. The summed E-state index contributed by atoms with van der Waals surface area (Å²) in [6.07, 6.45) is 8.35. The molecule has 1 atom stereocenters. The molecular formula is C18H22N6O3. The zero-order chi connectivity index (χ0) is 19.2. The molecule has 27 heavy (non-hydrogen) atoms. The van der Waals surface area contributed by atoms with E-state index in [9.17, 15) is 9.59 Å². The van der Waals surface area contributed by atoms with E-state index in [1.807, 2.05) is 6.20 Å². The third-order valence-corrected chi connectivity index (χ3v) is 4.31. The summed E-state index contributed by atoms with van der Waals surface area (Å²) >= 11 is 0. The predicted molar refractivity (Wildman–Crippen MR) is 96.7 cm³/mol. The Balaban J connectivity index is 1.76. The molecule has 0 fully saturated rings. The Morgan fingerprint density at radius 1 is 1.33 bits per heavy atom. The standard InChI is InChI=1S/C18H22N6O3/c1-3-8-23-9-6-13(18(26)27-2)15(11-23)20-17(25)14-4-5-16(22-21-14)24-10-7-19-12-24/h4-5,7,10-13H,3,6,8-9H2,1-2H3,(H,20,25). The summed E-state index contributed by atoms with van der Waals surface area (Å²) in [6, 6.07) is 3.26. The lowest BCUT2D eigenvalue weighted by Crippen LogP contribution is -2.39. The molecule has 1 aliphatic heterocycles. The van der Waals surface area contributed by atoms with Crippen molar-refractivity contribution in [1.82, 2.24) is 30.0 Å². The molecule has 0 saturated heterocycles. The molecule has 0 saturated carbocycles. The average molecular weight is 370 g/mol. The molecule has 9 nitrogen and oxygen atoms in total. The summed E-state index contributed by atoms with van der Waals surface area (Å²) in [5.41, 5.74) is 0.683. The second-order valence-corrected chi connectivity index (χ2v) is 6.19. The van der Waals surface area contributed by atoms with Gasteiger partial charge in [-0.2, -0.15) is 0 Å². The Bertz CT molecular complexity index is 816. The Morgan fingerprint density at radius 2 is 2.19 bits per heavy atom. The van der Waals surface area contributed by atoms with Crippen molar-refractivity contribution in [2.24, 2.45) is 5.92 Å². The van der Waals surface area contributed by atoms with Crippen molar-refractivity contribution >= 4 is 11.9 Å². The zero-order valence-electron chi connectivity index (χ0n) is 15.3. The Labute approximate surface area is 157 Å². The maximum Gasteiger partial charge on any atom is 0.314 e. The second kappa shape index (κ2) is 8.43. The van der Waals surface area contributed by atoms with Crippen LogP contribution >= 0.6 is 0 Å². The number of hydrogen-bond donors (Lipinski definition) is 1. The van der Waals surface area contributed by atoms with E-state index in [1.54, 1.807) is 35.4 Å². The fourth-order valence-corrected chi connectivity index (χ4v) is 2.95. The van der Waals surface area contributed by atoms with Crippen LogP contribution in [0.25, 0.3) is 5.82 Å². The van der Waals surface area contributed by atoms with Crippen LogP contribution in [0.5, 0.6) is 0 Å². The number of nitrogens with one attached hydrogen (secondary N) is 1. The second-order valence-electron chi connectivity index (χ2n) is 6.19. The van der Waals surface area contributed by atoms with E-state index >= 15 is 0 Å². The molecular weight excluding hydrogens is 348 g/mol. The SMILES string of the molecule is CCCN1C=C(NC(=O)c2ccc(-n3ccnc3)nn2)C(C(=O)OC)CC1. The first-order valence-corrected chi connectivity index (χ1v) is 8.79. The lowest BCUT2D eigenvalue weighted by atomic mass is 9.98. The van der Waals surface area contributed by atoms with Crippen molar-refractivity contribution in [2.45, 2.75) is 19.8 Å². The van der Waals surface area contributed by atoms with Gasteiger partial charge in [0.15, 0.2) is 11.5 Å². The van der Waals surface area contributed by atoms with Gasteiger partial charge >= 0.3 is 5.97 Å². The molecule has 1 aliphatic rings. The summed E-state index contributed by atoms with van der Waals surface area (Å²) in [4.78, 5) is 30.7. The number of rotatable bonds is 6. The first-order chi connectivity index (χ1) is 13.1. The van der Waals surface area contributed by atoms with Crippen LogP contribution in [0, 0.1) is 5.92 Å². The molecule has 2 aromatic rings. The van der Waals surface area contributed by atoms with Crippen LogP contribution in [0.3, 0.4) is 0 Å². The topological polar surface area (TPSA) is 102 Å². The quantitative estimate of drug-likeness (QED) is 0.761. The minimum absolute atomic E-state index is 0.163. The van der Waals surface area contributed by atoms with Crippen molar-refractivity contribution in [3.05, 3.63) is 48.4 Å². The largest absolute Gasteiger partial charge is 0.469 e. The predicted octanol–water partition coefficient (Wildman–Crippen LogP) is 1.14. The van der Waals surface area contributed by atoms with Gasteiger partial charge in [-0.3, -0.25) is 14.2 Å². The van der Waals surface area contributed by atoms with Crippen LogP contribution in [0.2, 0.25) is 0 Å². The highest BCUT2D eigenvalue weighted by Crippen LogP contribution is 2.22. The van der Waals surface area contributed by atoms with Gasteiger partial charge in [0.1, 0.15) is 12.2 Å². The van der Waals surface area contributed by atoms with Gasteiger partial charge in [0.2, 0.25) is 0 Å². The van der Waals surface area contributed by atoms with E-state index in [2.05, 4.69) is 32.3 Å². The number of carbonyl (C=O) groups excluding carboxylic acids is 2. The van der Waals surface area contributed by atoms with Gasteiger partial charge in [-0.05, 0) is 25.0 Å². The maximum absolute atomic E-state index is 12.6. The molecule has 3 rings (SSSR count). The van der Waals surface area contributed by atoms with Crippen molar-refractivity contribution in [1.29, 1.82) is 0 Å². The highest BCUT2D eigenvalue weighted by molar-refractivity contribution is 5.94. The highest BCUT2D eigenvalue weighted by atomic mass is 16.5. The zero-order valence-corrected chi connectivity index (χ0v) is 15.3. The third kappa shape index (κ3) is 4.30. The van der Waals surface area contributed by atoms with Gasteiger partial charge in [0, 0.05) is 37.4 Å². The van der Waals surface area contributed by atoms with E-state index < -0.39 is 11.8 Å². The number of amides is 1. The molecule has 0 bridgehead atoms. The smallest absolute Gasteiger partial charge is 0.314 e. The van der Waals surface area contributed by atoms with E-state index in [0.717, 1.165) is 19.5 Å². The summed E-state index contributed by atoms with van der Waals surface area (Å²) in [5.74, 6) is -0.717. The molecule has 2 aromatic heterocycles. The van der Waals surface area contributed by atoms with Crippen LogP contribution in [-0.4, -0.2) is 56.7 Å². The van der Waals surface area contributed by atoms with Crippen LogP contribution < -0.4 is 5.32 Å². The minimum atomic E-state index is -0.495. The van der Waals surface area contributed by atoms with Gasteiger partial charge in [-0.15, -0.1) is 10.2 Å². The van der Waals surface area contributed by atoms with Gasteiger partial charge < -0.3 is 15.0 Å². The molecule has 9 heteroatoms. The van der Waals surface area contributed by atoms with Gasteiger partial charge in [-0.25, -0.2) is 4.98 Å². The summed E-state index contributed by atoms with van der Waals surface area (Å²) in [7, 11) is 1.35. The normalized spacial score (nSPS) is 16.6. The molecule has 1 N–H and O–H groups in total. The lowest BCUT2D eigenvalue weighted by molar-refractivity contribution is -0.144. The maximum atomic E-state index is 12.6. The number of imidazole rings is 1. The van der Waals surface area contributed by atoms with Crippen molar-refractivity contribution in [2.75, 3.05) is 20.2 Å². The lowest BCUT2D eigenvalue weighted by Gasteiger charge is -2.31. The van der Waals surface area contributed by atoms with Crippen LogP contribution in [0.4, 0.5) is 0 Å². The first-order valence-electron chi connectivity index (χ1n) is 8.79. The van der Waals surface area contributed by atoms with Crippen molar-refractivity contribution < 1.29 is 14.3 Å². The first kappa shape index (κ1) is 18.6. The van der Waals surface area contributed by atoms with Gasteiger partial charge in [0.05, 0.1) is 7.11 Å². The molecule has 0 spiro atoms. The summed E-state index contributed by atoms with van der Waals surface area (Å²) in [5, 5.41) is 10.8. The van der Waals surface area contributed by atoms with Crippen LogP contribution in [0.15, 0.2) is 42.8 Å². The number of nitrogens with zero attached hydrogens (tertiary/aromatic N) is 5. The number of hydrogen-bond acceptors (Lipinski definition) is 7. The number of carbonyl (C=O) groups is 2. The Hall–Kier alpha value is -3.23. The molecule has 1 amide bonds. The molecule has 0 aromatic carbocycles. The fraction of sp³-hybridized carbons (Fsp3) is 0.389. The third-order valence-electron chi connectivity index (χ3n) is 4.31. The molecule has 3 heterocycles. The van der Waals surface area contributed by atoms with Gasteiger partial charge in [-0.1, -0.05) is 6.92 Å². The van der Waals surface area contributed by atoms with E-state index in [1.165, 1.54) is 7.11 Å². The number of esters is 1. The van der Waals surface area contributed by atoms with Crippen LogP contribution in [0.1, 0.15) is 30.3 Å². The highest BCUT2D eigenvalue weighted by Gasteiger charge is 2.30. The van der Waals surface area contributed by atoms with E-state index in [-0.39, 0.29) is 11.7 Å². The van der Waals surface area contributed by atoms with Crippen molar-refractivity contribution in [3.63, 3.8) is 0 Å².